The van der Waals surface area contributed by atoms with Crippen molar-refractivity contribution in [3.63, 3.8) is 0 Å². The number of carbonyl (C=O) groups excluding carboxylic acids is 2. The minimum atomic E-state index is -1.04. The molecule has 132 valence electrons. The van der Waals surface area contributed by atoms with Crippen LogP contribution in [0.4, 0.5) is 4.79 Å². The molecule has 0 aliphatic carbocycles. The number of hydrogen-bond donors (Lipinski definition) is 3. The van der Waals surface area contributed by atoms with Gasteiger partial charge in [0.25, 0.3) is 0 Å². The molecule has 25 heavy (non-hydrogen) atoms. The van der Waals surface area contributed by atoms with E-state index in [2.05, 4.69) is 10.6 Å². The van der Waals surface area contributed by atoms with E-state index < -0.39 is 24.6 Å². The van der Waals surface area contributed by atoms with E-state index in [4.69, 9.17) is 4.74 Å². The van der Waals surface area contributed by atoms with Gasteiger partial charge in [0.1, 0.15) is 12.6 Å². The molecule has 0 aliphatic rings. The van der Waals surface area contributed by atoms with Gasteiger partial charge >= 0.3 is 6.09 Å². The van der Waals surface area contributed by atoms with Gasteiger partial charge in [-0.05, 0) is 17.5 Å². The number of benzene rings is 2. The normalized spacial score (nSPS) is 11.4. The van der Waals surface area contributed by atoms with Gasteiger partial charge in [0.05, 0.1) is 6.61 Å². The number of amides is 2. The SMILES string of the molecule is O=C(N[C@@H](CO)C(=O)NCCc1ccccc1)OCc1ccccc1. The zero-order chi connectivity index (χ0) is 17.9. The van der Waals surface area contributed by atoms with E-state index in [0.717, 1.165) is 11.1 Å². The molecule has 0 radical (unpaired) electrons. The van der Waals surface area contributed by atoms with Crippen LogP contribution in [0.25, 0.3) is 0 Å². The number of ether oxygens (including phenoxy) is 1. The minimum absolute atomic E-state index is 0.0977. The third-order valence-corrected chi connectivity index (χ3v) is 3.56. The van der Waals surface area contributed by atoms with E-state index in [1.165, 1.54) is 0 Å². The standard InChI is InChI=1S/C19H22N2O4/c22-13-17(18(23)20-12-11-15-7-3-1-4-8-15)21-19(24)25-14-16-9-5-2-6-10-16/h1-10,17,22H,11-14H2,(H,20,23)(H,21,24)/t17-/m0/s1. The Labute approximate surface area is 146 Å². The van der Waals surface area contributed by atoms with Crippen molar-refractivity contribution in [2.75, 3.05) is 13.2 Å². The van der Waals surface area contributed by atoms with Crippen LogP contribution in [0.2, 0.25) is 0 Å². The van der Waals surface area contributed by atoms with Crippen molar-refractivity contribution < 1.29 is 19.4 Å². The van der Waals surface area contributed by atoms with Crippen molar-refractivity contribution >= 4 is 12.0 Å². The number of carbonyl (C=O) groups is 2. The van der Waals surface area contributed by atoms with Crippen LogP contribution in [0, 0.1) is 0 Å². The number of aliphatic hydroxyl groups is 1. The lowest BCUT2D eigenvalue weighted by Gasteiger charge is -2.16. The largest absolute Gasteiger partial charge is 0.445 e. The molecule has 2 aromatic rings. The minimum Gasteiger partial charge on any atom is -0.445 e. The molecule has 1 atom stereocenters. The van der Waals surface area contributed by atoms with Crippen molar-refractivity contribution in [3.8, 4) is 0 Å². The topological polar surface area (TPSA) is 87.7 Å². The number of nitrogens with one attached hydrogen (secondary N) is 2. The Morgan fingerprint density at radius 1 is 0.960 bits per heavy atom. The highest BCUT2D eigenvalue weighted by molar-refractivity contribution is 5.85. The van der Waals surface area contributed by atoms with E-state index in [-0.39, 0.29) is 6.61 Å². The maximum absolute atomic E-state index is 12.0. The summed E-state index contributed by atoms with van der Waals surface area (Å²) >= 11 is 0. The molecule has 2 rings (SSSR count). The van der Waals surface area contributed by atoms with Crippen molar-refractivity contribution in [3.05, 3.63) is 71.8 Å². The average molecular weight is 342 g/mol. The molecule has 0 bridgehead atoms. The summed E-state index contributed by atoms with van der Waals surface area (Å²) < 4.78 is 5.04. The van der Waals surface area contributed by atoms with E-state index in [0.29, 0.717) is 13.0 Å². The Balaban J connectivity index is 1.72. The predicted molar refractivity (Wildman–Crippen MR) is 93.8 cm³/mol. The first-order valence-corrected chi connectivity index (χ1v) is 8.08. The molecule has 3 N–H and O–H groups in total. The second-order valence-corrected chi connectivity index (χ2v) is 5.47. The van der Waals surface area contributed by atoms with Gasteiger partial charge in [0.15, 0.2) is 0 Å². The van der Waals surface area contributed by atoms with Gasteiger partial charge in [-0.25, -0.2) is 4.79 Å². The van der Waals surface area contributed by atoms with Crippen LogP contribution in [-0.2, 0) is 22.6 Å². The molecule has 0 spiro atoms. The van der Waals surface area contributed by atoms with Gasteiger partial charge in [0.2, 0.25) is 5.91 Å². The van der Waals surface area contributed by atoms with Crippen LogP contribution >= 0.6 is 0 Å². The van der Waals surface area contributed by atoms with Gasteiger partial charge in [-0.1, -0.05) is 60.7 Å². The van der Waals surface area contributed by atoms with Crippen LogP contribution in [0.1, 0.15) is 11.1 Å². The fraction of sp³-hybridized carbons (Fsp3) is 0.263. The zero-order valence-electron chi connectivity index (χ0n) is 13.9. The third kappa shape index (κ3) is 6.64. The molecule has 6 heteroatoms. The Bertz CT molecular complexity index is 662. The summed E-state index contributed by atoms with van der Waals surface area (Å²) in [6.07, 6.45) is -0.0791. The second-order valence-electron chi connectivity index (χ2n) is 5.47. The summed E-state index contributed by atoms with van der Waals surface area (Å²) in [5, 5.41) is 14.4. The second kappa shape index (κ2) is 10.1. The number of rotatable bonds is 8. The Morgan fingerprint density at radius 3 is 2.16 bits per heavy atom. The Morgan fingerprint density at radius 2 is 1.56 bits per heavy atom. The lowest BCUT2D eigenvalue weighted by molar-refractivity contribution is -0.123. The molecule has 0 saturated carbocycles. The smallest absolute Gasteiger partial charge is 0.408 e. The van der Waals surface area contributed by atoms with Crippen LogP contribution in [0.3, 0.4) is 0 Å². The molecule has 0 saturated heterocycles. The number of alkyl carbamates (subject to hydrolysis) is 1. The highest BCUT2D eigenvalue weighted by Crippen LogP contribution is 2.01. The van der Waals surface area contributed by atoms with Crippen LogP contribution in [0.15, 0.2) is 60.7 Å². The van der Waals surface area contributed by atoms with Crippen LogP contribution < -0.4 is 10.6 Å². The van der Waals surface area contributed by atoms with E-state index >= 15 is 0 Å². The summed E-state index contributed by atoms with van der Waals surface area (Å²) in [5.41, 5.74) is 1.93. The third-order valence-electron chi connectivity index (χ3n) is 3.56. The van der Waals surface area contributed by atoms with E-state index in [1.54, 1.807) is 0 Å². The summed E-state index contributed by atoms with van der Waals surface area (Å²) in [4.78, 5) is 23.8. The van der Waals surface area contributed by atoms with Crippen molar-refractivity contribution in [1.82, 2.24) is 10.6 Å². The van der Waals surface area contributed by atoms with Crippen LogP contribution in [0.5, 0.6) is 0 Å². The van der Waals surface area contributed by atoms with Gasteiger partial charge in [-0.3, -0.25) is 4.79 Å². The zero-order valence-corrected chi connectivity index (χ0v) is 13.9. The van der Waals surface area contributed by atoms with Gasteiger partial charge in [-0.15, -0.1) is 0 Å². The molecular weight excluding hydrogens is 320 g/mol. The fourth-order valence-corrected chi connectivity index (χ4v) is 2.20. The monoisotopic (exact) mass is 342 g/mol. The lowest BCUT2D eigenvalue weighted by atomic mass is 10.1. The van der Waals surface area contributed by atoms with Crippen molar-refractivity contribution in [2.24, 2.45) is 0 Å². The molecule has 0 heterocycles. The fourth-order valence-electron chi connectivity index (χ4n) is 2.20. The molecule has 2 aromatic carbocycles. The first-order chi connectivity index (χ1) is 12.2. The van der Waals surface area contributed by atoms with E-state index in [9.17, 15) is 14.7 Å². The molecule has 0 aromatic heterocycles. The first kappa shape index (κ1) is 18.5. The Kier molecular flexibility index (Phi) is 7.46. The Hall–Kier alpha value is -2.86. The maximum Gasteiger partial charge on any atom is 0.408 e. The molecule has 0 unspecified atom stereocenters. The lowest BCUT2D eigenvalue weighted by Crippen LogP contribution is -2.49. The molecular formula is C19H22N2O4. The van der Waals surface area contributed by atoms with E-state index in [1.807, 2.05) is 60.7 Å². The maximum atomic E-state index is 12.0. The molecule has 2 amide bonds. The molecule has 0 aliphatic heterocycles. The summed E-state index contributed by atoms with van der Waals surface area (Å²) in [6.45, 7) is 0.0120. The predicted octanol–water partition coefficient (Wildman–Crippen LogP) is 1.63. The van der Waals surface area contributed by atoms with Crippen LogP contribution in [-0.4, -0.2) is 36.3 Å². The number of aliphatic hydroxyl groups excluding tert-OH is 1. The summed E-state index contributed by atoms with van der Waals surface area (Å²) in [6, 6.07) is 17.9. The molecule has 0 fully saturated rings. The summed E-state index contributed by atoms with van der Waals surface area (Å²) in [5.74, 6) is -0.449. The highest BCUT2D eigenvalue weighted by atomic mass is 16.5. The van der Waals surface area contributed by atoms with Crippen molar-refractivity contribution in [2.45, 2.75) is 19.1 Å². The van der Waals surface area contributed by atoms with Gasteiger partial charge < -0.3 is 20.5 Å². The highest BCUT2D eigenvalue weighted by Gasteiger charge is 2.20. The molecule has 6 nitrogen and oxygen atoms in total. The summed E-state index contributed by atoms with van der Waals surface area (Å²) in [7, 11) is 0. The quantitative estimate of drug-likeness (QED) is 0.680. The van der Waals surface area contributed by atoms with Crippen molar-refractivity contribution in [1.29, 1.82) is 0 Å². The average Bonchev–Trinajstić information content (AvgIpc) is 2.66. The first-order valence-electron chi connectivity index (χ1n) is 8.08. The van der Waals surface area contributed by atoms with Gasteiger partial charge in [0, 0.05) is 6.54 Å². The number of hydrogen-bond acceptors (Lipinski definition) is 4. The van der Waals surface area contributed by atoms with Gasteiger partial charge in [-0.2, -0.15) is 0 Å².